The number of piperidine rings is 1. The summed E-state index contributed by atoms with van der Waals surface area (Å²) in [5.41, 5.74) is 3.59. The Bertz CT molecular complexity index is 731. The highest BCUT2D eigenvalue weighted by Gasteiger charge is 2.36. The highest BCUT2D eigenvalue weighted by Crippen LogP contribution is 2.30. The third-order valence-corrected chi connectivity index (χ3v) is 6.13. The van der Waals surface area contributed by atoms with Gasteiger partial charge in [-0.05, 0) is 56.2 Å². The highest BCUT2D eigenvalue weighted by molar-refractivity contribution is 7.08. The van der Waals surface area contributed by atoms with Crippen molar-refractivity contribution in [1.29, 1.82) is 0 Å². The Morgan fingerprint density at radius 1 is 1.25 bits per heavy atom. The van der Waals surface area contributed by atoms with E-state index in [0.29, 0.717) is 18.1 Å². The third-order valence-electron chi connectivity index (χ3n) is 5.45. The Hall–Kier alpha value is -1.72. The number of aryl methyl sites for hydroxylation is 1. The molecule has 2 aromatic heterocycles. The molecule has 0 aromatic carbocycles. The minimum atomic E-state index is 0.100. The van der Waals surface area contributed by atoms with Gasteiger partial charge in [-0.1, -0.05) is 0 Å². The van der Waals surface area contributed by atoms with E-state index in [4.69, 9.17) is 0 Å². The molecule has 2 saturated heterocycles. The molecule has 0 spiro atoms. The van der Waals surface area contributed by atoms with Crippen molar-refractivity contribution in [3.63, 3.8) is 0 Å². The van der Waals surface area contributed by atoms with Crippen LogP contribution >= 0.6 is 11.3 Å². The molecule has 4 rings (SSSR count). The first-order valence-corrected chi connectivity index (χ1v) is 9.59. The summed E-state index contributed by atoms with van der Waals surface area (Å²) in [6.45, 7) is 1.93. The van der Waals surface area contributed by atoms with E-state index < -0.39 is 0 Å². The Kier molecular flexibility index (Phi) is 4.14. The van der Waals surface area contributed by atoms with Crippen molar-refractivity contribution < 1.29 is 4.79 Å². The summed E-state index contributed by atoms with van der Waals surface area (Å²) >= 11 is 1.66. The predicted octanol–water partition coefficient (Wildman–Crippen LogP) is 3.47. The van der Waals surface area contributed by atoms with Gasteiger partial charge in [-0.2, -0.15) is 11.3 Å². The first-order chi connectivity index (χ1) is 11.6. The number of carbonyl (C=O) groups excluding carboxylic acids is 1. The van der Waals surface area contributed by atoms with Crippen molar-refractivity contribution in [1.82, 2.24) is 15.2 Å². The van der Waals surface area contributed by atoms with Gasteiger partial charge in [0.25, 0.3) is 5.91 Å². The van der Waals surface area contributed by atoms with Crippen molar-refractivity contribution >= 4 is 17.2 Å². The summed E-state index contributed by atoms with van der Waals surface area (Å²) < 4.78 is 0. The predicted molar refractivity (Wildman–Crippen MR) is 97.3 cm³/mol. The van der Waals surface area contributed by atoms with E-state index in [2.05, 4.69) is 21.7 Å². The number of aromatic nitrogens is 1. The first-order valence-electron chi connectivity index (χ1n) is 8.65. The monoisotopic (exact) mass is 341 g/mol. The Balaban J connectivity index is 1.53. The maximum atomic E-state index is 13.0. The van der Waals surface area contributed by atoms with Crippen LogP contribution in [0, 0.1) is 6.92 Å². The molecule has 2 fully saturated rings. The third kappa shape index (κ3) is 2.87. The summed E-state index contributed by atoms with van der Waals surface area (Å²) in [6, 6.07) is 7.47. The molecule has 4 nitrogen and oxygen atoms in total. The van der Waals surface area contributed by atoms with Gasteiger partial charge in [0, 0.05) is 36.1 Å². The number of hydrogen-bond acceptors (Lipinski definition) is 4. The number of amides is 1. The summed E-state index contributed by atoms with van der Waals surface area (Å²) in [5.74, 6) is 0.100. The molecule has 4 heterocycles. The van der Waals surface area contributed by atoms with E-state index in [9.17, 15) is 4.79 Å². The fourth-order valence-corrected chi connectivity index (χ4v) is 4.71. The molecule has 5 heteroatoms. The fraction of sp³-hybridized carbons (Fsp3) is 0.474. The molecule has 2 aromatic rings. The number of nitrogens with one attached hydrogen (secondary N) is 1. The molecule has 2 unspecified atom stereocenters. The smallest absolute Gasteiger partial charge is 0.255 e. The number of fused-ring (bicyclic) bond motifs is 2. The van der Waals surface area contributed by atoms with E-state index in [1.807, 2.05) is 36.4 Å². The van der Waals surface area contributed by atoms with Crippen LogP contribution in [-0.4, -0.2) is 41.0 Å². The van der Waals surface area contributed by atoms with Gasteiger partial charge >= 0.3 is 0 Å². The molecule has 1 amide bonds. The fourth-order valence-electron chi connectivity index (χ4n) is 4.06. The Labute approximate surface area is 146 Å². The van der Waals surface area contributed by atoms with Crippen LogP contribution in [0.25, 0.3) is 11.3 Å². The zero-order chi connectivity index (χ0) is 16.7. The molecular weight excluding hydrogens is 318 g/mol. The summed E-state index contributed by atoms with van der Waals surface area (Å²) in [5, 5.41) is 7.77. The van der Waals surface area contributed by atoms with Crippen molar-refractivity contribution in [2.24, 2.45) is 0 Å². The molecule has 126 valence electrons. The van der Waals surface area contributed by atoms with Gasteiger partial charge in [0.05, 0.1) is 17.0 Å². The maximum absolute atomic E-state index is 13.0. The normalized spacial score (nSPS) is 25.7. The zero-order valence-corrected chi connectivity index (χ0v) is 15.0. The van der Waals surface area contributed by atoms with Gasteiger partial charge < -0.3 is 10.2 Å². The number of rotatable bonds is 3. The summed E-state index contributed by atoms with van der Waals surface area (Å²) in [4.78, 5) is 19.6. The molecule has 0 aliphatic carbocycles. The average molecular weight is 341 g/mol. The van der Waals surface area contributed by atoms with Crippen LogP contribution in [0.15, 0.2) is 29.0 Å². The lowest BCUT2D eigenvalue weighted by molar-refractivity contribution is 0.0680. The van der Waals surface area contributed by atoms with Crippen molar-refractivity contribution in [3.05, 3.63) is 40.2 Å². The van der Waals surface area contributed by atoms with Crippen LogP contribution < -0.4 is 5.32 Å². The summed E-state index contributed by atoms with van der Waals surface area (Å²) in [7, 11) is 1.95. The van der Waals surface area contributed by atoms with Crippen molar-refractivity contribution in [3.8, 4) is 11.3 Å². The Morgan fingerprint density at radius 3 is 2.62 bits per heavy atom. The van der Waals surface area contributed by atoms with Crippen LogP contribution in [0.4, 0.5) is 0 Å². The maximum Gasteiger partial charge on any atom is 0.255 e. The van der Waals surface area contributed by atoms with Gasteiger partial charge in [-0.3, -0.25) is 9.78 Å². The van der Waals surface area contributed by atoms with E-state index in [-0.39, 0.29) is 5.91 Å². The van der Waals surface area contributed by atoms with Crippen molar-refractivity contribution in [2.45, 2.75) is 50.7 Å². The van der Waals surface area contributed by atoms with E-state index in [1.165, 1.54) is 12.8 Å². The standard InChI is InChI=1S/C19H23N3OS/c1-12-17(5-6-18(20-12)13-7-8-24-11-13)19(23)22(2)16-9-14-3-4-15(10-16)21-14/h5-8,11,14-16,21H,3-4,9-10H2,1-2H3. The van der Waals surface area contributed by atoms with Gasteiger partial charge in [0.15, 0.2) is 0 Å². The van der Waals surface area contributed by atoms with Crippen LogP contribution in [0.2, 0.25) is 0 Å². The van der Waals surface area contributed by atoms with E-state index >= 15 is 0 Å². The molecule has 24 heavy (non-hydrogen) atoms. The Morgan fingerprint density at radius 2 is 2.00 bits per heavy atom. The number of nitrogens with zero attached hydrogens (tertiary/aromatic N) is 2. The average Bonchev–Trinajstić information content (AvgIpc) is 3.23. The minimum absolute atomic E-state index is 0.100. The largest absolute Gasteiger partial charge is 0.339 e. The van der Waals surface area contributed by atoms with Crippen LogP contribution in [0.5, 0.6) is 0 Å². The van der Waals surface area contributed by atoms with Crippen molar-refractivity contribution in [2.75, 3.05) is 7.05 Å². The first kappa shape index (κ1) is 15.8. The number of pyridine rings is 1. The summed E-state index contributed by atoms with van der Waals surface area (Å²) in [6.07, 6.45) is 4.63. The topological polar surface area (TPSA) is 45.2 Å². The van der Waals surface area contributed by atoms with Gasteiger partial charge in [-0.25, -0.2) is 0 Å². The molecule has 2 aliphatic heterocycles. The highest BCUT2D eigenvalue weighted by atomic mass is 32.1. The van der Waals surface area contributed by atoms with Crippen LogP contribution in [-0.2, 0) is 0 Å². The molecule has 1 N–H and O–H groups in total. The lowest BCUT2D eigenvalue weighted by atomic mass is 9.97. The van der Waals surface area contributed by atoms with Crippen LogP contribution in [0.1, 0.15) is 41.7 Å². The van der Waals surface area contributed by atoms with E-state index in [0.717, 1.165) is 35.4 Å². The molecule has 2 aliphatic rings. The zero-order valence-electron chi connectivity index (χ0n) is 14.2. The molecule has 0 saturated carbocycles. The minimum Gasteiger partial charge on any atom is -0.339 e. The van der Waals surface area contributed by atoms with Crippen LogP contribution in [0.3, 0.4) is 0 Å². The van der Waals surface area contributed by atoms with E-state index in [1.54, 1.807) is 11.3 Å². The number of carbonyl (C=O) groups is 1. The second kappa shape index (κ2) is 6.30. The number of thiophene rings is 1. The SMILES string of the molecule is Cc1nc(-c2ccsc2)ccc1C(=O)N(C)C1CC2CCC(C1)N2. The lowest BCUT2D eigenvalue weighted by Crippen LogP contribution is -2.48. The second-order valence-electron chi connectivity index (χ2n) is 7.02. The molecular formula is C19H23N3OS. The molecule has 2 bridgehead atoms. The van der Waals surface area contributed by atoms with Gasteiger partial charge in [-0.15, -0.1) is 0 Å². The van der Waals surface area contributed by atoms with Gasteiger partial charge in [0.1, 0.15) is 0 Å². The number of hydrogen-bond donors (Lipinski definition) is 1. The van der Waals surface area contributed by atoms with Gasteiger partial charge in [0.2, 0.25) is 0 Å². The quantitative estimate of drug-likeness (QED) is 0.930. The molecule has 2 atom stereocenters. The molecule has 0 radical (unpaired) electrons. The lowest BCUT2D eigenvalue weighted by Gasteiger charge is -2.35. The second-order valence-corrected chi connectivity index (χ2v) is 7.80.